The minimum atomic E-state index is 0.743. The highest BCUT2D eigenvalue weighted by Crippen LogP contribution is 2.10. The normalized spacial score (nSPS) is 12.0. The molecule has 1 heterocycles. The Bertz CT molecular complexity index is 412. The molecule has 0 aromatic carbocycles. The van der Waals surface area contributed by atoms with E-state index in [0.29, 0.717) is 0 Å². The lowest BCUT2D eigenvalue weighted by Crippen LogP contribution is -2.37. The number of aliphatic imine (C=N–C) groups is 1. The second-order valence-corrected chi connectivity index (χ2v) is 7.13. The first kappa shape index (κ1) is 18.0. The molecule has 0 aliphatic carbocycles. The quantitative estimate of drug-likeness (QED) is 0.415. The lowest BCUT2D eigenvalue weighted by atomic mass is 10.0. The Labute approximate surface area is 133 Å². The SMILES string of the molecule is CN=C(NCCCCCCC(C)C)NCc1ncc(C)s1. The van der Waals surface area contributed by atoms with Gasteiger partial charge in [-0.25, -0.2) is 4.98 Å². The van der Waals surface area contributed by atoms with Crippen molar-refractivity contribution >= 4 is 17.3 Å². The highest BCUT2D eigenvalue weighted by Gasteiger charge is 2.01. The summed E-state index contributed by atoms with van der Waals surface area (Å²) >= 11 is 1.72. The van der Waals surface area contributed by atoms with Crippen molar-refractivity contribution in [3.05, 3.63) is 16.1 Å². The Balaban J connectivity index is 2.06. The first-order valence-electron chi connectivity index (χ1n) is 7.97. The van der Waals surface area contributed by atoms with Crippen LogP contribution in [0.2, 0.25) is 0 Å². The molecule has 0 aliphatic heterocycles. The molecular formula is C16H30N4S. The van der Waals surface area contributed by atoms with Crippen LogP contribution in [0.4, 0.5) is 0 Å². The molecule has 0 fully saturated rings. The van der Waals surface area contributed by atoms with Gasteiger partial charge in [0.15, 0.2) is 5.96 Å². The zero-order chi connectivity index (χ0) is 15.5. The topological polar surface area (TPSA) is 49.3 Å². The fraction of sp³-hybridized carbons (Fsp3) is 0.750. The maximum Gasteiger partial charge on any atom is 0.191 e. The van der Waals surface area contributed by atoms with E-state index in [1.807, 2.05) is 13.2 Å². The number of aromatic nitrogens is 1. The Kier molecular flexibility index (Phi) is 9.06. The van der Waals surface area contributed by atoms with Crippen molar-refractivity contribution in [2.75, 3.05) is 13.6 Å². The van der Waals surface area contributed by atoms with Crippen molar-refractivity contribution in [2.24, 2.45) is 10.9 Å². The van der Waals surface area contributed by atoms with Gasteiger partial charge in [0.1, 0.15) is 5.01 Å². The molecule has 0 unspecified atom stereocenters. The third-order valence-electron chi connectivity index (χ3n) is 3.30. The van der Waals surface area contributed by atoms with Crippen molar-refractivity contribution < 1.29 is 0 Å². The molecule has 2 N–H and O–H groups in total. The van der Waals surface area contributed by atoms with Crippen molar-refractivity contribution in [3.8, 4) is 0 Å². The summed E-state index contributed by atoms with van der Waals surface area (Å²) in [4.78, 5) is 9.82. The Morgan fingerprint density at radius 1 is 1.24 bits per heavy atom. The second kappa shape index (κ2) is 10.6. The Morgan fingerprint density at radius 3 is 2.62 bits per heavy atom. The first-order valence-corrected chi connectivity index (χ1v) is 8.79. The van der Waals surface area contributed by atoms with E-state index >= 15 is 0 Å². The molecule has 1 aromatic rings. The van der Waals surface area contributed by atoms with Crippen molar-refractivity contribution in [2.45, 2.75) is 59.4 Å². The molecule has 5 heteroatoms. The van der Waals surface area contributed by atoms with Crippen LogP contribution in [0.5, 0.6) is 0 Å². The average molecular weight is 311 g/mol. The predicted octanol–water partition coefficient (Wildman–Crippen LogP) is 3.72. The van der Waals surface area contributed by atoms with E-state index in [4.69, 9.17) is 0 Å². The number of hydrogen-bond donors (Lipinski definition) is 2. The molecule has 0 atom stereocenters. The van der Waals surface area contributed by atoms with Gasteiger partial charge in [0.2, 0.25) is 0 Å². The standard InChI is InChI=1S/C16H30N4S/c1-13(2)9-7-5-6-8-10-18-16(17-4)20-12-15-19-11-14(3)21-15/h11,13H,5-10,12H2,1-4H3,(H2,17,18,20). The molecule has 1 aromatic heterocycles. The molecule has 0 spiro atoms. The van der Waals surface area contributed by atoms with E-state index in [-0.39, 0.29) is 0 Å². The van der Waals surface area contributed by atoms with Crippen LogP contribution in [0.15, 0.2) is 11.2 Å². The molecule has 0 aliphatic rings. The van der Waals surface area contributed by atoms with Crippen LogP contribution < -0.4 is 10.6 Å². The number of hydrogen-bond acceptors (Lipinski definition) is 3. The summed E-state index contributed by atoms with van der Waals surface area (Å²) in [5.74, 6) is 1.70. The fourth-order valence-electron chi connectivity index (χ4n) is 2.10. The van der Waals surface area contributed by atoms with Crippen LogP contribution in [0, 0.1) is 12.8 Å². The minimum absolute atomic E-state index is 0.743. The molecule has 1 rings (SSSR count). The van der Waals surface area contributed by atoms with Crippen LogP contribution in [0.3, 0.4) is 0 Å². The van der Waals surface area contributed by atoms with Gasteiger partial charge in [0, 0.05) is 24.7 Å². The third-order valence-corrected chi connectivity index (χ3v) is 4.21. The molecule has 0 amide bonds. The van der Waals surface area contributed by atoms with Crippen LogP contribution in [0.1, 0.15) is 55.8 Å². The Hall–Kier alpha value is -1.10. The van der Waals surface area contributed by atoms with Gasteiger partial charge in [-0.05, 0) is 19.3 Å². The number of aryl methyl sites for hydroxylation is 1. The molecule has 21 heavy (non-hydrogen) atoms. The summed E-state index contributed by atoms with van der Waals surface area (Å²) in [5.41, 5.74) is 0. The highest BCUT2D eigenvalue weighted by atomic mass is 32.1. The largest absolute Gasteiger partial charge is 0.356 e. The number of nitrogens with one attached hydrogen (secondary N) is 2. The lowest BCUT2D eigenvalue weighted by molar-refractivity contribution is 0.518. The molecule has 4 nitrogen and oxygen atoms in total. The maximum absolute atomic E-state index is 4.34. The van der Waals surface area contributed by atoms with Gasteiger partial charge in [-0.3, -0.25) is 4.99 Å². The van der Waals surface area contributed by atoms with Gasteiger partial charge in [-0.2, -0.15) is 0 Å². The van der Waals surface area contributed by atoms with Crippen LogP contribution >= 0.6 is 11.3 Å². The van der Waals surface area contributed by atoms with Crippen LogP contribution in [-0.4, -0.2) is 24.5 Å². The summed E-state index contributed by atoms with van der Waals surface area (Å²) in [6.45, 7) is 8.39. The number of guanidine groups is 1. The van der Waals surface area contributed by atoms with Gasteiger partial charge in [0.05, 0.1) is 6.54 Å². The van der Waals surface area contributed by atoms with Crippen LogP contribution in [-0.2, 0) is 6.54 Å². The number of thiazole rings is 1. The summed E-state index contributed by atoms with van der Waals surface area (Å²) in [7, 11) is 1.81. The Morgan fingerprint density at radius 2 is 2.00 bits per heavy atom. The third kappa shape index (κ3) is 8.71. The van der Waals surface area contributed by atoms with Crippen molar-refractivity contribution in [1.29, 1.82) is 0 Å². The minimum Gasteiger partial charge on any atom is -0.356 e. The molecule has 0 saturated carbocycles. The van der Waals surface area contributed by atoms with Gasteiger partial charge < -0.3 is 10.6 Å². The number of rotatable bonds is 9. The molecule has 0 saturated heterocycles. The van der Waals surface area contributed by atoms with Crippen molar-refractivity contribution in [3.63, 3.8) is 0 Å². The van der Waals surface area contributed by atoms with E-state index in [2.05, 4.69) is 41.4 Å². The second-order valence-electron chi connectivity index (χ2n) is 5.81. The summed E-state index contributed by atoms with van der Waals surface area (Å²) in [5, 5.41) is 7.77. The van der Waals surface area contributed by atoms with Crippen LogP contribution in [0.25, 0.3) is 0 Å². The van der Waals surface area contributed by atoms with E-state index in [1.165, 1.54) is 37.0 Å². The first-order chi connectivity index (χ1) is 10.1. The summed E-state index contributed by atoms with van der Waals surface area (Å²) < 4.78 is 0. The van der Waals surface area contributed by atoms with E-state index in [9.17, 15) is 0 Å². The fourth-order valence-corrected chi connectivity index (χ4v) is 2.83. The average Bonchev–Trinajstić information content (AvgIpc) is 2.86. The zero-order valence-corrected chi connectivity index (χ0v) is 14.7. The monoisotopic (exact) mass is 310 g/mol. The van der Waals surface area contributed by atoms with Crippen molar-refractivity contribution in [1.82, 2.24) is 15.6 Å². The van der Waals surface area contributed by atoms with Gasteiger partial charge in [-0.15, -0.1) is 11.3 Å². The highest BCUT2D eigenvalue weighted by molar-refractivity contribution is 7.11. The molecule has 120 valence electrons. The summed E-state index contributed by atoms with van der Waals surface area (Å²) in [6.07, 6.45) is 8.45. The van der Waals surface area contributed by atoms with E-state index in [1.54, 1.807) is 11.3 Å². The number of nitrogens with zero attached hydrogens (tertiary/aromatic N) is 2. The van der Waals surface area contributed by atoms with Gasteiger partial charge in [-0.1, -0.05) is 39.5 Å². The van der Waals surface area contributed by atoms with E-state index in [0.717, 1.165) is 30.0 Å². The van der Waals surface area contributed by atoms with E-state index < -0.39 is 0 Å². The smallest absolute Gasteiger partial charge is 0.191 e. The molecular weight excluding hydrogens is 280 g/mol. The molecule has 0 bridgehead atoms. The predicted molar refractivity (Wildman–Crippen MR) is 93.0 cm³/mol. The zero-order valence-electron chi connectivity index (χ0n) is 13.9. The summed E-state index contributed by atoms with van der Waals surface area (Å²) in [6, 6.07) is 0. The van der Waals surface area contributed by atoms with Gasteiger partial charge >= 0.3 is 0 Å². The lowest BCUT2D eigenvalue weighted by Gasteiger charge is -2.10. The number of unbranched alkanes of at least 4 members (excludes halogenated alkanes) is 3. The maximum atomic E-state index is 4.34. The van der Waals surface area contributed by atoms with Gasteiger partial charge in [0.25, 0.3) is 0 Å². The molecule has 0 radical (unpaired) electrons.